The summed E-state index contributed by atoms with van der Waals surface area (Å²) in [6.07, 6.45) is 6.10. The number of carbonyl (C=O) groups is 5. The van der Waals surface area contributed by atoms with Crippen molar-refractivity contribution < 1.29 is 33.8 Å². The second-order valence-corrected chi connectivity index (χ2v) is 15.3. The third-order valence-corrected chi connectivity index (χ3v) is 12.5. The predicted molar refractivity (Wildman–Crippen MR) is 187 cm³/mol. The summed E-state index contributed by atoms with van der Waals surface area (Å²) in [5.74, 6) is -1.72. The van der Waals surface area contributed by atoms with Gasteiger partial charge in [0.1, 0.15) is 0 Å². The van der Waals surface area contributed by atoms with Crippen LogP contribution in [0.5, 0.6) is 0 Å². The van der Waals surface area contributed by atoms with Gasteiger partial charge in [0.2, 0.25) is 11.0 Å². The maximum absolute atomic E-state index is 14.0. The summed E-state index contributed by atoms with van der Waals surface area (Å²) in [6, 6.07) is 6.76. The van der Waals surface area contributed by atoms with E-state index in [2.05, 4.69) is 12.2 Å². The number of nitrogens with two attached hydrogens (primary N) is 2. The molecule has 3 amide bonds. The van der Waals surface area contributed by atoms with Gasteiger partial charge in [-0.2, -0.15) is 0 Å². The van der Waals surface area contributed by atoms with Gasteiger partial charge in [0.15, 0.2) is 5.60 Å². The van der Waals surface area contributed by atoms with Gasteiger partial charge in [0, 0.05) is 43.3 Å². The average molecular weight is 694 g/mol. The molecule has 0 radical (unpaired) electrons. The fourth-order valence-corrected chi connectivity index (χ4v) is 9.99. The second-order valence-electron chi connectivity index (χ2n) is 14.4. The van der Waals surface area contributed by atoms with Gasteiger partial charge in [-0.15, -0.1) is 0 Å². The number of benzene rings is 1. The van der Waals surface area contributed by atoms with Crippen molar-refractivity contribution >= 4 is 51.3 Å². The summed E-state index contributed by atoms with van der Waals surface area (Å²) in [5, 5.41) is 13.7. The Kier molecular flexibility index (Phi) is 10.2. The Morgan fingerprint density at radius 1 is 1.18 bits per heavy atom. The van der Waals surface area contributed by atoms with Crippen LogP contribution in [0.25, 0.3) is 0 Å². The van der Waals surface area contributed by atoms with Crippen LogP contribution in [0.4, 0.5) is 10.5 Å². The number of rotatable bonds is 7. The van der Waals surface area contributed by atoms with Crippen molar-refractivity contribution in [2.24, 2.45) is 45.0 Å². The Bertz CT molecular complexity index is 1660. The molecule has 12 nitrogen and oxygen atoms in total. The van der Waals surface area contributed by atoms with Gasteiger partial charge < -0.3 is 31.5 Å². The number of allylic oxidation sites excluding steroid dienone is 3. The molecule has 3 fully saturated rings. The number of esters is 1. The molecule has 264 valence electrons. The third-order valence-electron chi connectivity index (χ3n) is 11.4. The largest absolute Gasteiger partial charge is 0.449 e. The van der Waals surface area contributed by atoms with E-state index in [4.69, 9.17) is 21.2 Å². The minimum absolute atomic E-state index is 0.0215. The van der Waals surface area contributed by atoms with E-state index in [1.165, 1.54) is 4.90 Å². The number of primary amides is 1. The fourth-order valence-electron chi connectivity index (χ4n) is 9.11. The minimum Gasteiger partial charge on any atom is -0.449 e. The van der Waals surface area contributed by atoms with Gasteiger partial charge in [0.25, 0.3) is 11.1 Å². The average Bonchev–Trinajstić information content (AvgIpc) is 3.34. The van der Waals surface area contributed by atoms with Crippen LogP contribution in [-0.2, 0) is 19.1 Å². The predicted octanol–water partition coefficient (Wildman–Crippen LogP) is 3.99. The van der Waals surface area contributed by atoms with E-state index in [-0.39, 0.29) is 37.1 Å². The number of hydrogen-bond donors (Lipinski definition) is 4. The number of hydrogen-bond acceptors (Lipinski definition) is 10. The molecule has 0 aromatic heterocycles. The molecule has 0 aliphatic heterocycles. The van der Waals surface area contributed by atoms with E-state index < -0.39 is 50.7 Å². The molecule has 6 N–H and O–H groups in total. The number of nitrogens with one attached hydrogen (secondary N) is 1. The van der Waals surface area contributed by atoms with Crippen LogP contribution in [0, 0.1) is 28.6 Å². The number of carbonyl (C=O) groups excluding carboxylic acids is 5. The van der Waals surface area contributed by atoms with Gasteiger partial charge >= 0.3 is 5.97 Å². The highest BCUT2D eigenvalue weighted by molar-refractivity contribution is 8.26. The summed E-state index contributed by atoms with van der Waals surface area (Å²) in [6.45, 7) is 5.53. The van der Waals surface area contributed by atoms with E-state index in [0.717, 1.165) is 24.0 Å². The number of aliphatic hydroxyl groups excluding tert-OH is 1. The van der Waals surface area contributed by atoms with Gasteiger partial charge in [-0.1, -0.05) is 32.4 Å². The number of ether oxygens (including phenoxy) is 1. The summed E-state index contributed by atoms with van der Waals surface area (Å²) < 4.78 is 6.09. The van der Waals surface area contributed by atoms with E-state index in [0.29, 0.717) is 48.0 Å². The standard InChI is InChI=1S/C36H47N5O7S/c1-6-29(44)48-36(32(46)49-33(47)41(4)5)13-12-25-24-11-10-22-15-26(40-23-9-7-8-20(14-23)31(45)39-19-28(38)43)21(18-37)16-34(22,2)30(24)27(42)17-35(25,36)3/h7-9,14-15,18,24-25,27,30,42H,6,10-13,16-17,19,37H2,1-5H3,(H2,38,43)(H,39,45)/t24-,25?,27?,30?,34-,35-,36-/m0/s1. The normalized spacial score (nSPS) is 33.5. The highest BCUT2D eigenvalue weighted by Gasteiger charge is 2.71. The first kappa shape index (κ1) is 36.3. The lowest BCUT2D eigenvalue weighted by Gasteiger charge is -2.60. The zero-order chi connectivity index (χ0) is 35.9. The maximum Gasteiger partial charge on any atom is 0.306 e. The van der Waals surface area contributed by atoms with Crippen molar-refractivity contribution in [2.45, 2.75) is 77.4 Å². The van der Waals surface area contributed by atoms with E-state index in [1.807, 2.05) is 13.0 Å². The molecule has 0 heterocycles. The molecule has 4 aliphatic rings. The van der Waals surface area contributed by atoms with Gasteiger partial charge in [-0.25, -0.2) is 4.99 Å². The van der Waals surface area contributed by atoms with Gasteiger partial charge in [0.05, 0.1) is 24.0 Å². The van der Waals surface area contributed by atoms with Crippen LogP contribution in [0.2, 0.25) is 0 Å². The first-order valence-electron chi connectivity index (χ1n) is 16.8. The van der Waals surface area contributed by atoms with Crippen molar-refractivity contribution in [2.75, 3.05) is 20.6 Å². The van der Waals surface area contributed by atoms with Crippen molar-refractivity contribution in [3.05, 3.63) is 53.3 Å². The molecule has 7 atom stereocenters. The number of fused-ring (bicyclic) bond motifs is 5. The molecule has 49 heavy (non-hydrogen) atoms. The zero-order valence-electron chi connectivity index (χ0n) is 28.8. The van der Waals surface area contributed by atoms with Gasteiger partial charge in [-0.05, 0) is 97.7 Å². The maximum atomic E-state index is 14.0. The molecule has 1 aromatic carbocycles. The summed E-state index contributed by atoms with van der Waals surface area (Å²) in [4.78, 5) is 69.4. The Morgan fingerprint density at radius 3 is 2.57 bits per heavy atom. The summed E-state index contributed by atoms with van der Waals surface area (Å²) in [7, 11) is 3.15. The molecule has 13 heteroatoms. The molecule has 0 spiro atoms. The number of amides is 3. The van der Waals surface area contributed by atoms with E-state index >= 15 is 0 Å². The number of aliphatic imine (C=N–C) groups is 1. The molecule has 0 saturated heterocycles. The van der Waals surface area contributed by atoms with Crippen LogP contribution in [-0.4, -0.2) is 76.2 Å². The quantitative estimate of drug-likeness (QED) is 0.306. The number of thioether (sulfide) groups is 1. The van der Waals surface area contributed by atoms with Crippen LogP contribution in [0.15, 0.2) is 52.7 Å². The molecule has 4 aliphatic carbocycles. The molecule has 3 unspecified atom stereocenters. The Labute approximate surface area is 291 Å². The Hall–Kier alpha value is -3.97. The van der Waals surface area contributed by atoms with Crippen molar-refractivity contribution in [1.29, 1.82) is 0 Å². The van der Waals surface area contributed by atoms with Crippen LogP contribution in [0.3, 0.4) is 0 Å². The Morgan fingerprint density at radius 2 is 1.92 bits per heavy atom. The molecule has 3 saturated carbocycles. The van der Waals surface area contributed by atoms with Crippen LogP contribution in [0.1, 0.15) is 76.1 Å². The van der Waals surface area contributed by atoms with Crippen LogP contribution < -0.4 is 16.8 Å². The summed E-state index contributed by atoms with van der Waals surface area (Å²) >= 11 is 0.573. The first-order valence-corrected chi connectivity index (χ1v) is 17.6. The minimum atomic E-state index is -1.52. The number of aliphatic hydroxyl groups is 1. The molecular weight excluding hydrogens is 646 g/mol. The topological polar surface area (TPSA) is 194 Å². The lowest BCUT2D eigenvalue weighted by molar-refractivity contribution is -0.196. The SMILES string of the molecule is CCC(=O)O[C@]1(C(=O)SC(=O)N(C)C)CCC2[C@@H]3CCC4=CC(=Nc5cccc(C(=O)NCC(N)=O)c5)C(=CN)C[C@]4(C)C3C(O)C[C@@]21C. The summed E-state index contributed by atoms with van der Waals surface area (Å²) in [5.41, 5.74) is 12.1. The smallest absolute Gasteiger partial charge is 0.306 e. The lowest BCUT2D eigenvalue weighted by Crippen LogP contribution is -2.62. The highest BCUT2D eigenvalue weighted by Crippen LogP contribution is 2.69. The van der Waals surface area contributed by atoms with Crippen molar-refractivity contribution in [1.82, 2.24) is 10.2 Å². The molecular formula is C36H47N5O7S. The van der Waals surface area contributed by atoms with Crippen molar-refractivity contribution in [3.63, 3.8) is 0 Å². The van der Waals surface area contributed by atoms with E-state index in [1.54, 1.807) is 51.5 Å². The second kappa shape index (κ2) is 13.7. The number of nitrogens with zero attached hydrogens (tertiary/aromatic N) is 2. The molecule has 0 bridgehead atoms. The zero-order valence-corrected chi connectivity index (χ0v) is 29.6. The highest BCUT2D eigenvalue weighted by atomic mass is 32.2. The van der Waals surface area contributed by atoms with E-state index in [9.17, 15) is 29.1 Å². The molecule has 1 aromatic rings. The van der Waals surface area contributed by atoms with Crippen molar-refractivity contribution in [3.8, 4) is 0 Å². The lowest BCUT2D eigenvalue weighted by atomic mass is 9.45. The monoisotopic (exact) mass is 693 g/mol. The first-order chi connectivity index (χ1) is 23.1. The Balaban J connectivity index is 1.47. The molecule has 5 rings (SSSR count). The fraction of sp³-hybridized carbons (Fsp3) is 0.556. The van der Waals surface area contributed by atoms with Crippen LogP contribution >= 0.6 is 11.8 Å². The third kappa shape index (κ3) is 6.42. The van der Waals surface area contributed by atoms with Gasteiger partial charge in [-0.3, -0.25) is 24.0 Å².